The van der Waals surface area contributed by atoms with Gasteiger partial charge in [-0.3, -0.25) is 9.78 Å². The Morgan fingerprint density at radius 2 is 1.83 bits per heavy atom. The van der Waals surface area contributed by atoms with Crippen LogP contribution < -0.4 is 0 Å². The van der Waals surface area contributed by atoms with Crippen molar-refractivity contribution in [1.82, 2.24) is 14.2 Å². The number of aryl methyl sites for hydroxylation is 1. The van der Waals surface area contributed by atoms with Gasteiger partial charge >= 0.3 is 10.4 Å². The molecule has 0 bridgehead atoms. The van der Waals surface area contributed by atoms with Crippen LogP contribution >= 0.6 is 0 Å². The van der Waals surface area contributed by atoms with Crippen molar-refractivity contribution < 1.29 is 17.1 Å². The third kappa shape index (κ3) is 3.18. The molecule has 0 unspecified atom stereocenters. The van der Waals surface area contributed by atoms with E-state index in [4.69, 9.17) is 0 Å². The van der Waals surface area contributed by atoms with Crippen LogP contribution in [0.2, 0.25) is 0 Å². The number of rotatable bonds is 2. The lowest BCUT2D eigenvalue weighted by molar-refractivity contribution is 0.0697. The molecular formula is C15H16FN3O3S. The number of halogens is 1. The van der Waals surface area contributed by atoms with Gasteiger partial charge in [0.15, 0.2) is 0 Å². The Hall–Kier alpha value is -2.06. The topological polar surface area (TPSA) is 70.6 Å². The molecule has 8 heteroatoms. The van der Waals surface area contributed by atoms with Crippen molar-refractivity contribution in [3.05, 3.63) is 41.6 Å². The summed E-state index contributed by atoms with van der Waals surface area (Å²) < 4.78 is 35.5. The predicted octanol–water partition coefficient (Wildman–Crippen LogP) is 1.52. The number of carbonyl (C=O) groups is 1. The SMILES string of the molecule is Cc1cc(C(=O)N2CCN(S(=O)(=O)F)CC2)c2ccccc2n1. The Kier molecular flexibility index (Phi) is 4.03. The zero-order valence-corrected chi connectivity index (χ0v) is 13.4. The average Bonchev–Trinajstić information content (AvgIpc) is 2.52. The van der Waals surface area contributed by atoms with Crippen LogP contribution in [-0.2, 0) is 10.4 Å². The van der Waals surface area contributed by atoms with Gasteiger partial charge in [0.05, 0.1) is 11.1 Å². The Bertz CT molecular complexity index is 861. The van der Waals surface area contributed by atoms with E-state index in [9.17, 15) is 17.1 Å². The number of pyridine rings is 1. The van der Waals surface area contributed by atoms with Crippen LogP contribution in [0.25, 0.3) is 10.9 Å². The van der Waals surface area contributed by atoms with Gasteiger partial charge in [0.2, 0.25) is 0 Å². The smallest absolute Gasteiger partial charge is 0.336 e. The molecule has 1 saturated heterocycles. The van der Waals surface area contributed by atoms with Gasteiger partial charge in [0.1, 0.15) is 0 Å². The first kappa shape index (κ1) is 15.8. The van der Waals surface area contributed by atoms with Gasteiger partial charge in [-0.1, -0.05) is 22.1 Å². The predicted molar refractivity (Wildman–Crippen MR) is 84.0 cm³/mol. The third-order valence-electron chi connectivity index (χ3n) is 3.91. The molecule has 0 saturated carbocycles. The van der Waals surface area contributed by atoms with E-state index in [-0.39, 0.29) is 32.1 Å². The second-order valence-electron chi connectivity index (χ2n) is 5.46. The normalized spacial score (nSPS) is 16.7. The van der Waals surface area contributed by atoms with Gasteiger partial charge in [-0.2, -0.15) is 12.7 Å². The number of aromatic nitrogens is 1. The van der Waals surface area contributed by atoms with Crippen LogP contribution in [0.15, 0.2) is 30.3 Å². The van der Waals surface area contributed by atoms with Crippen molar-refractivity contribution in [2.75, 3.05) is 26.2 Å². The lowest BCUT2D eigenvalue weighted by atomic mass is 10.1. The molecule has 0 atom stereocenters. The third-order valence-corrected chi connectivity index (χ3v) is 4.89. The molecule has 2 heterocycles. The summed E-state index contributed by atoms with van der Waals surface area (Å²) >= 11 is 0. The van der Waals surface area contributed by atoms with E-state index in [1.165, 1.54) is 0 Å². The molecule has 0 radical (unpaired) electrons. The number of benzene rings is 1. The van der Waals surface area contributed by atoms with Gasteiger partial charge in [-0.05, 0) is 19.1 Å². The first-order valence-electron chi connectivity index (χ1n) is 7.21. The number of hydrogen-bond donors (Lipinski definition) is 0. The van der Waals surface area contributed by atoms with Crippen molar-refractivity contribution in [3.8, 4) is 0 Å². The lowest BCUT2D eigenvalue weighted by Gasteiger charge is -2.32. The van der Waals surface area contributed by atoms with Crippen molar-refractivity contribution in [3.63, 3.8) is 0 Å². The molecule has 3 rings (SSSR count). The van der Waals surface area contributed by atoms with E-state index in [0.29, 0.717) is 5.56 Å². The van der Waals surface area contributed by atoms with E-state index in [2.05, 4.69) is 4.98 Å². The average molecular weight is 337 g/mol. The van der Waals surface area contributed by atoms with Gasteiger partial charge < -0.3 is 4.90 Å². The van der Waals surface area contributed by atoms with Crippen molar-refractivity contribution in [2.24, 2.45) is 0 Å². The van der Waals surface area contributed by atoms with E-state index < -0.39 is 10.4 Å². The summed E-state index contributed by atoms with van der Waals surface area (Å²) in [6.07, 6.45) is 0. The Balaban J connectivity index is 1.88. The van der Waals surface area contributed by atoms with E-state index in [1.807, 2.05) is 31.2 Å². The number of carbonyl (C=O) groups excluding carboxylic acids is 1. The highest BCUT2D eigenvalue weighted by molar-refractivity contribution is 7.83. The number of fused-ring (bicyclic) bond motifs is 1. The van der Waals surface area contributed by atoms with Gasteiger partial charge in [0, 0.05) is 37.3 Å². The molecule has 1 aromatic carbocycles. The van der Waals surface area contributed by atoms with Crippen LogP contribution in [0.1, 0.15) is 16.1 Å². The number of nitrogens with zero attached hydrogens (tertiary/aromatic N) is 3. The highest BCUT2D eigenvalue weighted by atomic mass is 32.3. The first-order chi connectivity index (χ1) is 10.9. The maximum absolute atomic E-state index is 13.0. The zero-order chi connectivity index (χ0) is 16.6. The minimum absolute atomic E-state index is 0.0351. The summed E-state index contributed by atoms with van der Waals surface area (Å²) in [4.78, 5) is 18.7. The fraction of sp³-hybridized carbons (Fsp3) is 0.333. The second kappa shape index (κ2) is 5.86. The van der Waals surface area contributed by atoms with E-state index in [1.54, 1.807) is 11.0 Å². The number of amides is 1. The van der Waals surface area contributed by atoms with E-state index in [0.717, 1.165) is 20.9 Å². The summed E-state index contributed by atoms with van der Waals surface area (Å²) in [5.41, 5.74) is 2.00. The monoisotopic (exact) mass is 337 g/mol. The molecule has 1 amide bonds. The summed E-state index contributed by atoms with van der Waals surface area (Å²) in [5.74, 6) is -0.192. The highest BCUT2D eigenvalue weighted by Gasteiger charge is 2.29. The maximum Gasteiger partial charge on any atom is 0.374 e. The van der Waals surface area contributed by atoms with Crippen LogP contribution in [0.3, 0.4) is 0 Å². The summed E-state index contributed by atoms with van der Waals surface area (Å²) in [6, 6.07) is 9.09. The molecule has 1 fully saturated rings. The molecular weight excluding hydrogens is 321 g/mol. The Morgan fingerprint density at radius 1 is 1.17 bits per heavy atom. The Labute approximate surface area is 133 Å². The van der Waals surface area contributed by atoms with Crippen molar-refractivity contribution in [2.45, 2.75) is 6.92 Å². The molecule has 1 aromatic heterocycles. The Morgan fingerprint density at radius 3 is 2.48 bits per heavy atom. The zero-order valence-electron chi connectivity index (χ0n) is 12.6. The fourth-order valence-electron chi connectivity index (χ4n) is 2.76. The number of piperazine rings is 1. The van der Waals surface area contributed by atoms with Crippen LogP contribution in [-0.4, -0.2) is 54.7 Å². The summed E-state index contributed by atoms with van der Waals surface area (Å²) in [7, 11) is -4.70. The molecule has 2 aromatic rings. The number of para-hydroxylation sites is 1. The van der Waals surface area contributed by atoms with Crippen LogP contribution in [0.5, 0.6) is 0 Å². The van der Waals surface area contributed by atoms with Crippen molar-refractivity contribution in [1.29, 1.82) is 0 Å². The van der Waals surface area contributed by atoms with Crippen LogP contribution in [0.4, 0.5) is 3.89 Å². The first-order valence-corrected chi connectivity index (χ1v) is 8.56. The van der Waals surface area contributed by atoms with Crippen LogP contribution in [0, 0.1) is 6.92 Å². The fourth-order valence-corrected chi connectivity index (χ4v) is 3.36. The molecule has 122 valence electrons. The highest BCUT2D eigenvalue weighted by Crippen LogP contribution is 2.21. The largest absolute Gasteiger partial charge is 0.374 e. The molecule has 6 nitrogen and oxygen atoms in total. The molecule has 23 heavy (non-hydrogen) atoms. The van der Waals surface area contributed by atoms with Gasteiger partial charge in [-0.25, -0.2) is 0 Å². The molecule has 1 aliphatic heterocycles. The second-order valence-corrected chi connectivity index (χ2v) is 6.80. The van der Waals surface area contributed by atoms with Gasteiger partial charge in [-0.15, -0.1) is 0 Å². The molecule has 0 aliphatic carbocycles. The van der Waals surface area contributed by atoms with E-state index >= 15 is 0 Å². The number of hydrogen-bond acceptors (Lipinski definition) is 4. The standard InChI is InChI=1S/C15H16FN3O3S/c1-11-10-13(12-4-2-3-5-14(12)17-11)15(20)18-6-8-19(9-7-18)23(16,21)22/h2-5,10H,6-9H2,1H3. The maximum atomic E-state index is 13.0. The lowest BCUT2D eigenvalue weighted by Crippen LogP contribution is -2.49. The summed E-state index contributed by atoms with van der Waals surface area (Å²) in [6.45, 7) is 2.07. The molecule has 1 aliphatic rings. The van der Waals surface area contributed by atoms with Crippen molar-refractivity contribution >= 4 is 27.2 Å². The molecule has 0 N–H and O–H groups in total. The quantitative estimate of drug-likeness (QED) is 0.779. The van der Waals surface area contributed by atoms with Gasteiger partial charge in [0.25, 0.3) is 5.91 Å². The summed E-state index contributed by atoms with van der Waals surface area (Å²) in [5, 5.41) is 0.753. The molecule has 0 spiro atoms. The minimum Gasteiger partial charge on any atom is -0.336 e. The minimum atomic E-state index is -4.70.